The Hall–Kier alpha value is -3.26. The van der Waals surface area contributed by atoms with Gasteiger partial charge in [-0.05, 0) is 25.1 Å². The molecule has 0 fully saturated rings. The molecule has 1 atom stereocenters. The Bertz CT molecular complexity index is 1090. The van der Waals surface area contributed by atoms with Gasteiger partial charge in [0.25, 0.3) is 0 Å². The van der Waals surface area contributed by atoms with Crippen molar-refractivity contribution in [2.45, 2.75) is 25.2 Å². The van der Waals surface area contributed by atoms with Crippen molar-refractivity contribution >= 4 is 23.4 Å². The first kappa shape index (κ1) is 19.1. The lowest BCUT2D eigenvalue weighted by Gasteiger charge is -2.29. The third-order valence-electron chi connectivity index (χ3n) is 4.34. The van der Waals surface area contributed by atoms with Crippen LogP contribution in [0.4, 0.5) is 5.69 Å². The number of anilines is 1. The molecule has 0 saturated heterocycles. The number of carbonyl (C=O) groups excluding carboxylic acids is 1. The van der Waals surface area contributed by atoms with Gasteiger partial charge in [-0.3, -0.25) is 14.7 Å². The third-order valence-corrected chi connectivity index (χ3v) is 5.18. The van der Waals surface area contributed by atoms with Gasteiger partial charge in [0, 0.05) is 23.9 Å². The first-order valence-corrected chi connectivity index (χ1v) is 10.0. The van der Waals surface area contributed by atoms with Gasteiger partial charge in [0.2, 0.25) is 23.2 Å². The van der Waals surface area contributed by atoms with Crippen LogP contribution in [-0.2, 0) is 4.79 Å². The average Bonchev–Trinajstić information content (AvgIpc) is 2.86. The van der Waals surface area contributed by atoms with Crippen LogP contribution in [0, 0.1) is 6.92 Å². The summed E-state index contributed by atoms with van der Waals surface area (Å²) in [5, 5.41) is 9.05. The number of rotatable bonds is 4. The zero-order valence-electron chi connectivity index (χ0n) is 16.1. The highest BCUT2D eigenvalue weighted by Crippen LogP contribution is 2.42. The predicted octanol–water partition coefficient (Wildman–Crippen LogP) is 3.96. The highest BCUT2D eigenvalue weighted by molar-refractivity contribution is 7.99. The summed E-state index contributed by atoms with van der Waals surface area (Å²) in [5.41, 5.74) is 3.34. The monoisotopic (exact) mass is 405 g/mol. The summed E-state index contributed by atoms with van der Waals surface area (Å²) in [6, 6.07) is 13.1. The Morgan fingerprint density at radius 3 is 2.79 bits per heavy atom. The molecule has 1 aromatic carbocycles. The van der Waals surface area contributed by atoms with Gasteiger partial charge >= 0.3 is 0 Å². The molecule has 146 valence electrons. The first-order chi connectivity index (χ1) is 14.1. The highest BCUT2D eigenvalue weighted by Gasteiger charge is 2.35. The number of hydrogen-bond donors (Lipinski definition) is 0. The molecule has 2 aromatic heterocycles. The summed E-state index contributed by atoms with van der Waals surface area (Å²) in [5.74, 6) is 0.795. The number of aromatic nitrogens is 4. The number of nitrogens with zero attached hydrogens (tertiary/aromatic N) is 5. The van der Waals surface area contributed by atoms with E-state index in [0.717, 1.165) is 11.3 Å². The fourth-order valence-corrected chi connectivity index (χ4v) is 3.65. The molecule has 1 amide bonds. The second-order valence-corrected chi connectivity index (χ2v) is 7.42. The van der Waals surface area contributed by atoms with E-state index < -0.39 is 6.23 Å². The Balaban J connectivity index is 1.92. The largest absolute Gasteiger partial charge is 0.445 e. The second kappa shape index (κ2) is 8.00. The number of pyridine rings is 1. The van der Waals surface area contributed by atoms with Crippen LogP contribution in [0.1, 0.15) is 24.5 Å². The second-order valence-electron chi connectivity index (χ2n) is 6.43. The summed E-state index contributed by atoms with van der Waals surface area (Å²) in [6.07, 6.45) is 0.996. The molecule has 0 radical (unpaired) electrons. The van der Waals surface area contributed by atoms with E-state index in [-0.39, 0.29) is 5.91 Å². The summed E-state index contributed by atoms with van der Waals surface area (Å²) < 4.78 is 6.26. The summed E-state index contributed by atoms with van der Waals surface area (Å²) in [7, 11) is 0. The van der Waals surface area contributed by atoms with Crippen molar-refractivity contribution < 1.29 is 9.53 Å². The highest BCUT2D eigenvalue weighted by atomic mass is 32.2. The van der Waals surface area contributed by atoms with E-state index in [0.29, 0.717) is 33.9 Å². The zero-order chi connectivity index (χ0) is 20.4. The molecule has 3 heterocycles. The molecular weight excluding hydrogens is 386 g/mol. The van der Waals surface area contributed by atoms with E-state index in [4.69, 9.17) is 4.74 Å². The average molecular weight is 405 g/mol. The molecular formula is C21H19N5O2S. The number of amides is 1. The minimum Gasteiger partial charge on any atom is -0.445 e. The summed E-state index contributed by atoms with van der Waals surface area (Å²) >= 11 is 1.41. The van der Waals surface area contributed by atoms with Crippen LogP contribution >= 0.6 is 11.8 Å². The maximum atomic E-state index is 12.7. The van der Waals surface area contributed by atoms with Gasteiger partial charge in [0.1, 0.15) is 5.69 Å². The molecule has 3 aromatic rings. The van der Waals surface area contributed by atoms with Gasteiger partial charge in [0.05, 0.1) is 5.69 Å². The van der Waals surface area contributed by atoms with E-state index in [9.17, 15) is 4.79 Å². The van der Waals surface area contributed by atoms with Crippen molar-refractivity contribution in [3.05, 3.63) is 66.5 Å². The summed E-state index contributed by atoms with van der Waals surface area (Å²) in [6.45, 7) is 7.12. The lowest BCUT2D eigenvalue weighted by molar-refractivity contribution is -0.118. The Labute approximate surface area is 172 Å². The van der Waals surface area contributed by atoms with Gasteiger partial charge in [-0.1, -0.05) is 42.1 Å². The fourth-order valence-electron chi connectivity index (χ4n) is 3.14. The van der Waals surface area contributed by atoms with E-state index in [2.05, 4.69) is 26.7 Å². The van der Waals surface area contributed by atoms with Crippen LogP contribution in [0.3, 0.4) is 0 Å². The quantitative estimate of drug-likeness (QED) is 0.480. The van der Waals surface area contributed by atoms with Crippen LogP contribution in [-0.4, -0.2) is 31.8 Å². The fraction of sp³-hybridized carbons (Fsp3) is 0.190. The van der Waals surface area contributed by atoms with Crippen LogP contribution in [0.5, 0.6) is 5.88 Å². The van der Waals surface area contributed by atoms with E-state index in [1.165, 1.54) is 18.7 Å². The van der Waals surface area contributed by atoms with Gasteiger partial charge in [-0.25, -0.2) is 0 Å². The maximum Gasteiger partial charge on any atom is 0.247 e. The van der Waals surface area contributed by atoms with Gasteiger partial charge < -0.3 is 4.74 Å². The van der Waals surface area contributed by atoms with Crippen molar-refractivity contribution in [2.75, 3.05) is 10.7 Å². The van der Waals surface area contributed by atoms with Crippen LogP contribution < -0.4 is 9.64 Å². The van der Waals surface area contributed by atoms with Gasteiger partial charge in [-0.15, -0.1) is 16.8 Å². The molecule has 7 nitrogen and oxygen atoms in total. The Morgan fingerprint density at radius 1 is 1.21 bits per heavy atom. The van der Waals surface area contributed by atoms with Crippen LogP contribution in [0.15, 0.2) is 60.3 Å². The molecule has 0 spiro atoms. The maximum absolute atomic E-state index is 12.7. The molecule has 0 aliphatic carbocycles. The summed E-state index contributed by atoms with van der Waals surface area (Å²) in [4.78, 5) is 23.4. The van der Waals surface area contributed by atoms with E-state index in [1.807, 2.05) is 49.4 Å². The predicted molar refractivity (Wildman–Crippen MR) is 112 cm³/mol. The number of carbonyl (C=O) groups is 1. The molecule has 8 heteroatoms. The lowest BCUT2D eigenvalue weighted by atomic mass is 10.1. The molecule has 0 saturated carbocycles. The number of ether oxygens (including phenoxy) is 1. The Morgan fingerprint density at radius 2 is 2.03 bits per heavy atom. The van der Waals surface area contributed by atoms with Crippen molar-refractivity contribution in [3.8, 4) is 17.1 Å². The standard InChI is InChI=1S/C21H19N5O2S/c1-4-12-29-21-23-19-18(24-25-21)15-9-5-6-11-17(15)26(14(3)27)20(28-19)16-10-7-8-13(2)22-16/h4-11,20H,1,12H2,2-3H3/t20-/m1/s1. The molecule has 29 heavy (non-hydrogen) atoms. The number of hydrogen-bond acceptors (Lipinski definition) is 7. The zero-order valence-corrected chi connectivity index (χ0v) is 16.9. The SMILES string of the molecule is C=CCSc1nnc2c(n1)O[C@H](c1cccc(C)n1)N(C(C)=O)c1ccccc1-2. The van der Waals surface area contributed by atoms with Crippen molar-refractivity contribution in [2.24, 2.45) is 0 Å². The van der Waals surface area contributed by atoms with Gasteiger partial charge in [0.15, 0.2) is 5.69 Å². The van der Waals surface area contributed by atoms with Crippen LogP contribution in [0.2, 0.25) is 0 Å². The van der Waals surface area contributed by atoms with Crippen molar-refractivity contribution in [1.82, 2.24) is 20.2 Å². The molecule has 1 aliphatic heterocycles. The minimum absolute atomic E-state index is 0.173. The molecule has 0 N–H and O–H groups in total. The molecule has 0 bridgehead atoms. The normalized spacial score (nSPS) is 15.0. The lowest BCUT2D eigenvalue weighted by Crippen LogP contribution is -2.36. The van der Waals surface area contributed by atoms with E-state index >= 15 is 0 Å². The third kappa shape index (κ3) is 3.71. The number of thioether (sulfide) groups is 1. The smallest absolute Gasteiger partial charge is 0.247 e. The van der Waals surface area contributed by atoms with Crippen molar-refractivity contribution in [3.63, 3.8) is 0 Å². The van der Waals surface area contributed by atoms with Crippen molar-refractivity contribution in [1.29, 1.82) is 0 Å². The number of para-hydroxylation sites is 1. The Kier molecular flexibility index (Phi) is 5.26. The number of benzene rings is 1. The minimum atomic E-state index is -0.774. The molecule has 1 aliphatic rings. The van der Waals surface area contributed by atoms with Gasteiger partial charge in [-0.2, -0.15) is 4.98 Å². The molecule has 4 rings (SSSR count). The van der Waals surface area contributed by atoms with Crippen LogP contribution in [0.25, 0.3) is 11.3 Å². The number of fused-ring (bicyclic) bond motifs is 3. The first-order valence-electron chi connectivity index (χ1n) is 9.06. The van der Waals surface area contributed by atoms with E-state index in [1.54, 1.807) is 11.0 Å². The molecule has 0 unspecified atom stereocenters. The topological polar surface area (TPSA) is 81.1 Å². The number of aryl methyl sites for hydroxylation is 1.